The fraction of sp³-hybridized carbons (Fsp3) is 0.0690. The largest absolute Gasteiger partial charge is 0.510 e. The van der Waals surface area contributed by atoms with Gasteiger partial charge >= 0.3 is 0 Å². The molecular weight excluding hydrogens is 996 g/mol. The molecule has 0 saturated carbocycles. The van der Waals surface area contributed by atoms with E-state index in [1.807, 2.05) is 35.7 Å². The van der Waals surface area contributed by atoms with Gasteiger partial charge in [0, 0.05) is 59.1 Å². The molecule has 0 fully saturated rings. The Morgan fingerprint density at radius 2 is 1.23 bits per heavy atom. The summed E-state index contributed by atoms with van der Waals surface area (Å²) in [7, 11) is 0. The average Bonchev–Trinajstić information content (AvgIpc) is 4.01. The molecule has 0 bridgehead atoms. The molecule has 0 atom stereocenters. The number of fused-ring (bicyclic) bond motifs is 14. The molecule has 65 heavy (non-hydrogen) atoms. The Labute approximate surface area is 394 Å². The molecule has 7 heteroatoms. The molecule has 1 aliphatic heterocycles. The third-order valence-electron chi connectivity index (χ3n) is 12.8. The first-order valence-electron chi connectivity index (χ1n) is 21.6. The summed E-state index contributed by atoms with van der Waals surface area (Å²) in [6.07, 6.45) is 5.81. The van der Waals surface area contributed by atoms with Crippen molar-refractivity contribution in [1.82, 2.24) is 14.1 Å². The number of thiophene rings is 1. The Balaban J connectivity index is 0.00000444. The van der Waals surface area contributed by atoms with Gasteiger partial charge in [-0.3, -0.25) is 4.57 Å². The van der Waals surface area contributed by atoms with Gasteiger partial charge in [0.05, 0.1) is 16.7 Å². The third-order valence-corrected chi connectivity index (χ3v) is 13.9. The minimum Gasteiger partial charge on any atom is -0.510 e. The zero-order valence-electron chi connectivity index (χ0n) is 35.7. The molecule has 13 rings (SSSR count). The average molecular weight is 1030 g/mol. The molecule has 5 nitrogen and oxygen atoms in total. The van der Waals surface area contributed by atoms with Crippen molar-refractivity contribution in [2.45, 2.75) is 26.2 Å². The molecule has 0 spiro atoms. The second-order valence-electron chi connectivity index (χ2n) is 17.6. The second-order valence-corrected chi connectivity index (χ2v) is 18.6. The van der Waals surface area contributed by atoms with E-state index in [1.165, 1.54) is 48.0 Å². The Kier molecular flexibility index (Phi) is 9.10. The molecule has 0 radical (unpaired) electrons. The summed E-state index contributed by atoms with van der Waals surface area (Å²) in [5, 5.41) is 4.68. The number of ether oxygens (including phenoxy) is 1. The maximum atomic E-state index is 6.71. The quantitative estimate of drug-likeness (QED) is 0.130. The van der Waals surface area contributed by atoms with E-state index in [0.29, 0.717) is 11.5 Å². The summed E-state index contributed by atoms with van der Waals surface area (Å²) in [5.74, 6) is 2.02. The number of hydrogen-bond acceptors (Lipinski definition) is 3. The van der Waals surface area contributed by atoms with Crippen molar-refractivity contribution in [2.75, 3.05) is 0 Å². The van der Waals surface area contributed by atoms with E-state index in [2.05, 4.69) is 205 Å². The molecule has 4 aromatic heterocycles. The topological polar surface area (TPSA) is 35.9 Å². The van der Waals surface area contributed by atoms with Gasteiger partial charge < -0.3 is 13.9 Å². The van der Waals surface area contributed by atoms with Gasteiger partial charge in [-0.1, -0.05) is 135 Å². The van der Waals surface area contributed by atoms with Crippen LogP contribution < -0.4 is 9.30 Å². The van der Waals surface area contributed by atoms with Gasteiger partial charge in [0.15, 0.2) is 0 Å². The second kappa shape index (κ2) is 15.0. The number of imidazole rings is 1. The van der Waals surface area contributed by atoms with Crippen LogP contribution in [0.25, 0.3) is 104 Å². The van der Waals surface area contributed by atoms with E-state index < -0.39 is 0 Å². The van der Waals surface area contributed by atoms with Gasteiger partial charge in [0.1, 0.15) is 5.82 Å². The first kappa shape index (κ1) is 39.5. The normalized spacial score (nSPS) is 12.1. The zero-order valence-corrected chi connectivity index (χ0v) is 38.8. The van der Waals surface area contributed by atoms with E-state index in [4.69, 9.17) is 9.72 Å². The molecule has 5 heterocycles. The number of aromatic nitrogens is 4. The summed E-state index contributed by atoms with van der Waals surface area (Å²) < 4.78 is 15.8. The minimum absolute atomic E-state index is 0. The predicted molar refractivity (Wildman–Crippen MR) is 261 cm³/mol. The summed E-state index contributed by atoms with van der Waals surface area (Å²) in [6.45, 7) is 6.69. The van der Waals surface area contributed by atoms with Gasteiger partial charge in [-0.05, 0) is 91.2 Å². The molecular formula is C58H38N4OPtS-2. The first-order valence-corrected chi connectivity index (χ1v) is 22.4. The van der Waals surface area contributed by atoms with Gasteiger partial charge in [0.2, 0.25) is 0 Å². The number of pyridine rings is 1. The molecule has 12 aromatic rings. The van der Waals surface area contributed by atoms with E-state index in [1.54, 1.807) is 0 Å². The van der Waals surface area contributed by atoms with Crippen LogP contribution in [0.3, 0.4) is 0 Å². The van der Waals surface area contributed by atoms with Crippen molar-refractivity contribution >= 4 is 64.3 Å². The number of nitrogens with zero attached hydrogens (tertiary/aromatic N) is 4. The Morgan fingerprint density at radius 1 is 0.569 bits per heavy atom. The van der Waals surface area contributed by atoms with Gasteiger partial charge in [0.25, 0.3) is 6.33 Å². The fourth-order valence-corrected chi connectivity index (χ4v) is 10.9. The number of rotatable bonds is 4. The minimum atomic E-state index is -0.0298. The number of para-hydroxylation sites is 2. The molecule has 1 aliphatic rings. The van der Waals surface area contributed by atoms with Gasteiger partial charge in [-0.25, -0.2) is 4.98 Å². The maximum absolute atomic E-state index is 6.71. The predicted octanol–water partition coefficient (Wildman–Crippen LogP) is 14.6. The summed E-state index contributed by atoms with van der Waals surface area (Å²) in [4.78, 5) is 4.87. The van der Waals surface area contributed by atoms with Crippen LogP contribution in [-0.2, 0) is 26.5 Å². The molecule has 0 saturated heterocycles. The molecule has 0 aliphatic carbocycles. The van der Waals surface area contributed by atoms with Crippen LogP contribution in [0.4, 0.5) is 0 Å². The van der Waals surface area contributed by atoms with Crippen molar-refractivity contribution in [3.63, 3.8) is 0 Å². The molecule has 8 aromatic carbocycles. The van der Waals surface area contributed by atoms with Gasteiger partial charge in [-0.2, -0.15) is 18.2 Å². The van der Waals surface area contributed by atoms with Crippen molar-refractivity contribution in [2.24, 2.45) is 0 Å². The summed E-state index contributed by atoms with van der Waals surface area (Å²) in [6, 6.07) is 67.8. The first-order chi connectivity index (χ1) is 31.4. The van der Waals surface area contributed by atoms with E-state index in [9.17, 15) is 0 Å². The Hall–Kier alpha value is -7.11. The number of hydrogen-bond donors (Lipinski definition) is 0. The SMILES string of the molecule is CC(C)(C)c1ccnc(-n2c3[c-]c(Oc4[c-]c(-n5[c-][n+]6c7c(cccc75)-c5ccccc5-c5ccccc5-c5ccc7sc8ccccc8c7c5-6)ccc4)ccc3c3ccccc32)c1.[Pt]. The van der Waals surface area contributed by atoms with E-state index in [-0.39, 0.29) is 26.5 Å². The van der Waals surface area contributed by atoms with Crippen molar-refractivity contribution in [3.8, 4) is 62.1 Å². The van der Waals surface area contributed by atoms with Crippen LogP contribution >= 0.6 is 11.3 Å². The van der Waals surface area contributed by atoms with Crippen molar-refractivity contribution < 1.29 is 30.4 Å². The van der Waals surface area contributed by atoms with Crippen LogP contribution in [-0.4, -0.2) is 14.1 Å². The van der Waals surface area contributed by atoms with E-state index in [0.717, 1.165) is 61.2 Å². The summed E-state index contributed by atoms with van der Waals surface area (Å²) >= 11 is 1.83. The van der Waals surface area contributed by atoms with Crippen LogP contribution in [0.2, 0.25) is 0 Å². The third kappa shape index (κ3) is 6.15. The van der Waals surface area contributed by atoms with Crippen molar-refractivity contribution in [1.29, 1.82) is 0 Å². The van der Waals surface area contributed by atoms with Gasteiger partial charge in [-0.15, -0.1) is 41.0 Å². The standard InChI is InChI=1S/C58H38N4OS.Pt/c1-58(2,3)36-30-31-59-54(32-36)62-49-23-10-8-20-44(49)45-27-26-39(34-51(45)62)63-38-15-12-14-37(33-38)60-35-61-56-46(22-13-24-50(56)60)42-18-6-4-16-40(42)41-17-5-7-19-43(41)47-28-29-53-55(57(47)61)48-21-9-11-25-52(48)64-53;/h4-32H,1-3H3;/q-2;. The van der Waals surface area contributed by atoms with E-state index >= 15 is 0 Å². The zero-order chi connectivity index (χ0) is 42.7. The smallest absolute Gasteiger partial charge is 0.268 e. The van der Waals surface area contributed by atoms with Crippen molar-refractivity contribution in [3.05, 3.63) is 200 Å². The molecule has 0 N–H and O–H groups in total. The molecule has 0 amide bonds. The monoisotopic (exact) mass is 1030 g/mol. The fourth-order valence-electron chi connectivity index (χ4n) is 9.79. The van der Waals surface area contributed by atoms with Crippen LogP contribution in [0.15, 0.2) is 176 Å². The Bertz CT molecular complexity index is 3890. The number of benzene rings is 8. The van der Waals surface area contributed by atoms with Crippen LogP contribution in [0.1, 0.15) is 26.3 Å². The Morgan fingerprint density at radius 3 is 2.03 bits per heavy atom. The van der Waals surface area contributed by atoms with Crippen LogP contribution in [0, 0.1) is 18.5 Å². The summed E-state index contributed by atoms with van der Waals surface area (Å²) in [5.41, 5.74) is 14.2. The maximum Gasteiger partial charge on any atom is 0.268 e. The van der Waals surface area contributed by atoms with Crippen LogP contribution in [0.5, 0.6) is 11.5 Å². The molecule has 0 unspecified atom stereocenters. The molecule has 314 valence electrons.